The van der Waals surface area contributed by atoms with Gasteiger partial charge in [-0.05, 0) is 47.1 Å². The lowest BCUT2D eigenvalue weighted by Gasteiger charge is -2.07. The molecule has 0 aromatic carbocycles. The number of hydrogen-bond donors (Lipinski definition) is 3. The zero-order valence-electron chi connectivity index (χ0n) is 11.8. The van der Waals surface area contributed by atoms with Crippen LogP contribution in [0.3, 0.4) is 0 Å². The molecule has 0 atom stereocenters. The van der Waals surface area contributed by atoms with E-state index < -0.39 is 10.0 Å². The van der Waals surface area contributed by atoms with Gasteiger partial charge >= 0.3 is 0 Å². The van der Waals surface area contributed by atoms with Gasteiger partial charge in [-0.2, -0.15) is 0 Å². The minimum atomic E-state index is -3.63. The first-order chi connectivity index (χ1) is 9.92. The largest absolute Gasteiger partial charge is 0.363 e. The van der Waals surface area contributed by atoms with Gasteiger partial charge in [0.2, 0.25) is 0 Å². The molecule has 2 heterocycles. The number of nitrogens with one attached hydrogen (secondary N) is 3. The Labute approximate surface area is 132 Å². The molecule has 0 aliphatic heterocycles. The van der Waals surface area contributed by atoms with Crippen LogP contribution in [0.2, 0.25) is 0 Å². The molecule has 3 N–H and O–H groups in total. The summed E-state index contributed by atoms with van der Waals surface area (Å²) in [5.74, 6) is 0.296. The Morgan fingerprint density at radius 1 is 1.38 bits per heavy atom. The second kappa shape index (κ2) is 6.59. The number of H-pyrrole nitrogens is 1. The Hall–Kier alpha value is -1.38. The molecule has 0 amide bonds. The minimum Gasteiger partial charge on any atom is -0.363 e. The first-order valence-corrected chi connectivity index (χ1v) is 8.73. The fourth-order valence-electron chi connectivity index (χ4n) is 1.73. The van der Waals surface area contributed by atoms with Gasteiger partial charge in [-0.25, -0.2) is 13.4 Å². The van der Waals surface area contributed by atoms with Crippen molar-refractivity contribution in [1.82, 2.24) is 15.3 Å². The van der Waals surface area contributed by atoms with Gasteiger partial charge in [0, 0.05) is 29.1 Å². The van der Waals surface area contributed by atoms with Crippen LogP contribution in [0, 0.1) is 6.92 Å². The number of aryl methyl sites for hydroxylation is 1. The van der Waals surface area contributed by atoms with E-state index in [1.807, 2.05) is 13.8 Å². The smallest absolute Gasteiger partial charge is 0.264 e. The Kier molecular flexibility index (Phi) is 5.02. The molecule has 6 nitrogen and oxygen atoms in total. The van der Waals surface area contributed by atoms with E-state index in [1.165, 1.54) is 6.20 Å². The number of rotatable bonds is 6. The van der Waals surface area contributed by atoms with Crippen LogP contribution in [0.15, 0.2) is 33.9 Å². The summed E-state index contributed by atoms with van der Waals surface area (Å²) < 4.78 is 27.9. The zero-order chi connectivity index (χ0) is 15.5. The Bertz CT molecular complexity index is 728. The van der Waals surface area contributed by atoms with Crippen LogP contribution < -0.4 is 10.0 Å². The lowest BCUT2D eigenvalue weighted by molar-refractivity contribution is 0.601. The van der Waals surface area contributed by atoms with Crippen molar-refractivity contribution in [3.63, 3.8) is 0 Å². The molecule has 0 aliphatic rings. The summed E-state index contributed by atoms with van der Waals surface area (Å²) in [6.07, 6.45) is 3.04. The van der Waals surface area contributed by atoms with Crippen LogP contribution >= 0.6 is 15.9 Å². The third-order valence-electron chi connectivity index (χ3n) is 2.88. The average molecular weight is 373 g/mol. The SMILES string of the molecule is CCNCc1cc(S(=O)(=O)Nc2cc(C)c(Br)cn2)c[nH]1. The van der Waals surface area contributed by atoms with Gasteiger partial charge in [0.15, 0.2) is 0 Å². The third-order valence-corrected chi connectivity index (χ3v) is 5.04. The molecule has 21 heavy (non-hydrogen) atoms. The number of pyridine rings is 1. The molecule has 0 fully saturated rings. The maximum atomic E-state index is 12.3. The standard InChI is InChI=1S/C13H17BrN4O2S/c1-3-15-6-10-5-11(7-16-10)21(19,20)18-13-4-9(2)12(14)8-17-13/h4-5,7-8,15-16H,3,6H2,1-2H3,(H,17,18). The van der Waals surface area contributed by atoms with E-state index in [2.05, 4.69) is 35.9 Å². The van der Waals surface area contributed by atoms with Crippen LogP contribution in [0.4, 0.5) is 5.82 Å². The van der Waals surface area contributed by atoms with Crippen LogP contribution in [-0.2, 0) is 16.6 Å². The number of sulfonamides is 1. The molecule has 2 aromatic heterocycles. The second-order valence-electron chi connectivity index (χ2n) is 4.57. The lowest BCUT2D eigenvalue weighted by Crippen LogP contribution is -2.14. The Morgan fingerprint density at radius 3 is 2.81 bits per heavy atom. The van der Waals surface area contributed by atoms with Gasteiger partial charge < -0.3 is 10.3 Å². The maximum absolute atomic E-state index is 12.3. The molecule has 0 aliphatic carbocycles. The van der Waals surface area contributed by atoms with Crippen molar-refractivity contribution in [2.75, 3.05) is 11.3 Å². The van der Waals surface area contributed by atoms with Crippen molar-refractivity contribution in [3.8, 4) is 0 Å². The number of aromatic nitrogens is 2. The van der Waals surface area contributed by atoms with Crippen LogP contribution in [0.5, 0.6) is 0 Å². The van der Waals surface area contributed by atoms with Crippen molar-refractivity contribution in [2.45, 2.75) is 25.3 Å². The number of anilines is 1. The second-order valence-corrected chi connectivity index (χ2v) is 7.10. The van der Waals surface area contributed by atoms with E-state index in [-0.39, 0.29) is 4.90 Å². The average Bonchev–Trinajstić information content (AvgIpc) is 2.90. The van der Waals surface area contributed by atoms with Crippen LogP contribution in [-0.4, -0.2) is 24.9 Å². The fraction of sp³-hybridized carbons (Fsp3) is 0.308. The molecule has 2 aromatic rings. The van der Waals surface area contributed by atoms with E-state index >= 15 is 0 Å². The van der Waals surface area contributed by atoms with Gasteiger partial charge in [0.1, 0.15) is 10.7 Å². The molecule has 0 saturated carbocycles. The van der Waals surface area contributed by atoms with Gasteiger partial charge in [-0.15, -0.1) is 0 Å². The number of hydrogen-bond acceptors (Lipinski definition) is 4. The highest BCUT2D eigenvalue weighted by molar-refractivity contribution is 9.10. The molecule has 0 saturated heterocycles. The summed E-state index contributed by atoms with van der Waals surface area (Å²) in [6.45, 7) is 5.28. The minimum absolute atomic E-state index is 0.192. The van der Waals surface area contributed by atoms with Crippen molar-refractivity contribution in [2.24, 2.45) is 0 Å². The predicted molar refractivity (Wildman–Crippen MR) is 85.7 cm³/mol. The summed E-state index contributed by atoms with van der Waals surface area (Å²) in [7, 11) is -3.63. The molecule has 0 bridgehead atoms. The van der Waals surface area contributed by atoms with E-state index in [0.717, 1.165) is 22.3 Å². The first-order valence-electron chi connectivity index (χ1n) is 6.45. The van der Waals surface area contributed by atoms with E-state index in [1.54, 1.807) is 18.3 Å². The monoisotopic (exact) mass is 372 g/mol. The van der Waals surface area contributed by atoms with Crippen molar-refractivity contribution < 1.29 is 8.42 Å². The predicted octanol–water partition coefficient (Wildman–Crippen LogP) is 2.39. The molecular weight excluding hydrogens is 356 g/mol. The van der Waals surface area contributed by atoms with Crippen molar-refractivity contribution >= 4 is 31.8 Å². The molecule has 0 unspecified atom stereocenters. The van der Waals surface area contributed by atoms with Gasteiger partial charge in [0.25, 0.3) is 10.0 Å². The normalized spacial score (nSPS) is 11.6. The van der Waals surface area contributed by atoms with Crippen molar-refractivity contribution in [1.29, 1.82) is 0 Å². The summed E-state index contributed by atoms with van der Waals surface area (Å²) in [5.41, 5.74) is 1.72. The number of halogens is 1. The molecular formula is C13H17BrN4O2S. The van der Waals surface area contributed by atoms with Gasteiger partial charge in [-0.1, -0.05) is 6.92 Å². The number of aromatic amines is 1. The molecule has 114 valence electrons. The fourth-order valence-corrected chi connectivity index (χ4v) is 2.96. The van der Waals surface area contributed by atoms with Crippen LogP contribution in [0.25, 0.3) is 0 Å². The highest BCUT2D eigenvalue weighted by Gasteiger charge is 2.17. The molecule has 0 spiro atoms. The van der Waals surface area contributed by atoms with E-state index in [0.29, 0.717) is 12.4 Å². The van der Waals surface area contributed by atoms with Gasteiger partial charge in [0.05, 0.1) is 0 Å². The van der Waals surface area contributed by atoms with E-state index in [4.69, 9.17) is 0 Å². The summed E-state index contributed by atoms with van der Waals surface area (Å²) in [6, 6.07) is 3.28. The van der Waals surface area contributed by atoms with Crippen molar-refractivity contribution in [3.05, 3.63) is 40.3 Å². The summed E-state index contributed by atoms with van der Waals surface area (Å²) in [4.78, 5) is 7.18. The summed E-state index contributed by atoms with van der Waals surface area (Å²) in [5, 5.41) is 3.13. The number of nitrogens with zero attached hydrogens (tertiary/aromatic N) is 1. The van der Waals surface area contributed by atoms with Gasteiger partial charge in [-0.3, -0.25) is 4.72 Å². The third kappa shape index (κ3) is 4.05. The first kappa shape index (κ1) is 16.0. The van der Waals surface area contributed by atoms with Crippen LogP contribution in [0.1, 0.15) is 18.2 Å². The molecule has 0 radical (unpaired) electrons. The van der Waals surface area contributed by atoms with E-state index in [9.17, 15) is 8.42 Å². The Balaban J connectivity index is 2.17. The topological polar surface area (TPSA) is 86.9 Å². The Morgan fingerprint density at radius 2 is 2.14 bits per heavy atom. The maximum Gasteiger partial charge on any atom is 0.264 e. The summed E-state index contributed by atoms with van der Waals surface area (Å²) >= 11 is 3.33. The highest BCUT2D eigenvalue weighted by atomic mass is 79.9. The highest BCUT2D eigenvalue weighted by Crippen LogP contribution is 2.20. The zero-order valence-corrected chi connectivity index (χ0v) is 14.2. The quantitative estimate of drug-likeness (QED) is 0.726. The molecule has 8 heteroatoms. The molecule has 2 rings (SSSR count). The lowest BCUT2D eigenvalue weighted by atomic mass is 10.3.